The molecule has 0 unspecified atom stereocenters. The van der Waals surface area contributed by atoms with Gasteiger partial charge < -0.3 is 10.2 Å². The maximum Gasteiger partial charge on any atom is 0.0830 e. The van der Waals surface area contributed by atoms with E-state index in [4.69, 9.17) is 0 Å². The fraction of sp³-hybridized carbons (Fsp3) is 0.400. The SMILES string of the molecule is C[C@H](Cc1ccccc1)[C@H](O)[C@@H](O)[C@H](C)Cc1ccccc1. The highest BCUT2D eigenvalue weighted by Crippen LogP contribution is 2.21. The third-order valence-electron chi connectivity index (χ3n) is 4.32. The molecule has 0 fully saturated rings. The van der Waals surface area contributed by atoms with Crippen LogP contribution in [0.2, 0.25) is 0 Å². The Labute approximate surface area is 133 Å². The van der Waals surface area contributed by atoms with Gasteiger partial charge in [0, 0.05) is 0 Å². The maximum absolute atomic E-state index is 10.4. The summed E-state index contributed by atoms with van der Waals surface area (Å²) < 4.78 is 0. The molecule has 2 heteroatoms. The Morgan fingerprint density at radius 3 is 1.27 bits per heavy atom. The largest absolute Gasteiger partial charge is 0.390 e. The predicted octanol–water partition coefficient (Wildman–Crippen LogP) is 3.47. The zero-order valence-corrected chi connectivity index (χ0v) is 13.4. The number of aliphatic hydroxyl groups excluding tert-OH is 2. The standard InChI is InChI=1S/C20H26O2/c1-15(13-17-9-5-3-6-10-17)19(21)20(22)16(2)14-18-11-7-4-8-12-18/h3-12,15-16,19-22H,13-14H2,1-2H3/t15-,16-,19+,20+/m1/s1. The first kappa shape index (κ1) is 16.7. The summed E-state index contributed by atoms with van der Waals surface area (Å²) in [6.45, 7) is 3.99. The molecule has 2 rings (SSSR count). The molecular formula is C20H26O2. The Kier molecular flexibility index (Phi) is 6.17. The van der Waals surface area contributed by atoms with E-state index in [1.165, 1.54) is 11.1 Å². The van der Waals surface area contributed by atoms with Gasteiger partial charge in [0.1, 0.15) is 0 Å². The summed E-state index contributed by atoms with van der Waals surface area (Å²) in [5, 5.41) is 20.9. The molecule has 22 heavy (non-hydrogen) atoms. The van der Waals surface area contributed by atoms with E-state index >= 15 is 0 Å². The first-order valence-corrected chi connectivity index (χ1v) is 8.02. The molecule has 0 aliphatic rings. The molecule has 0 spiro atoms. The average Bonchev–Trinajstić information content (AvgIpc) is 2.55. The van der Waals surface area contributed by atoms with Gasteiger partial charge in [0.15, 0.2) is 0 Å². The fourth-order valence-corrected chi connectivity index (χ4v) is 2.89. The molecular weight excluding hydrogens is 272 g/mol. The summed E-state index contributed by atoms with van der Waals surface area (Å²) in [5.41, 5.74) is 2.38. The molecule has 0 bridgehead atoms. The van der Waals surface area contributed by atoms with Crippen LogP contribution in [0.4, 0.5) is 0 Å². The molecule has 118 valence electrons. The lowest BCUT2D eigenvalue weighted by atomic mass is 9.85. The number of benzene rings is 2. The Bertz CT molecular complexity index is 487. The number of hydrogen-bond acceptors (Lipinski definition) is 2. The topological polar surface area (TPSA) is 40.5 Å². The van der Waals surface area contributed by atoms with Gasteiger partial charge in [0.05, 0.1) is 12.2 Å². The second-order valence-corrected chi connectivity index (χ2v) is 6.32. The maximum atomic E-state index is 10.4. The van der Waals surface area contributed by atoms with Crippen molar-refractivity contribution < 1.29 is 10.2 Å². The van der Waals surface area contributed by atoms with Crippen LogP contribution in [-0.2, 0) is 12.8 Å². The molecule has 0 aliphatic heterocycles. The fourth-order valence-electron chi connectivity index (χ4n) is 2.89. The van der Waals surface area contributed by atoms with Crippen LogP contribution in [0.15, 0.2) is 60.7 Å². The van der Waals surface area contributed by atoms with E-state index in [9.17, 15) is 10.2 Å². The van der Waals surface area contributed by atoms with Crippen molar-refractivity contribution in [2.45, 2.75) is 38.9 Å². The zero-order chi connectivity index (χ0) is 15.9. The lowest BCUT2D eigenvalue weighted by Crippen LogP contribution is -2.38. The molecule has 0 radical (unpaired) electrons. The van der Waals surface area contributed by atoms with Crippen LogP contribution in [0.25, 0.3) is 0 Å². The number of hydrogen-bond donors (Lipinski definition) is 2. The molecule has 4 atom stereocenters. The molecule has 0 heterocycles. The van der Waals surface area contributed by atoms with Crippen LogP contribution in [0.1, 0.15) is 25.0 Å². The Hall–Kier alpha value is -1.64. The molecule has 0 amide bonds. The molecule has 0 saturated heterocycles. The Balaban J connectivity index is 1.91. The minimum atomic E-state index is -0.709. The van der Waals surface area contributed by atoms with Crippen LogP contribution in [0.3, 0.4) is 0 Å². The van der Waals surface area contributed by atoms with Gasteiger partial charge in [-0.3, -0.25) is 0 Å². The highest BCUT2D eigenvalue weighted by Gasteiger charge is 2.27. The van der Waals surface area contributed by atoms with Crippen molar-refractivity contribution in [1.29, 1.82) is 0 Å². The summed E-state index contributed by atoms with van der Waals surface area (Å²) in [5.74, 6) is 0.0475. The average molecular weight is 298 g/mol. The molecule has 2 N–H and O–H groups in total. The smallest absolute Gasteiger partial charge is 0.0830 e. The minimum Gasteiger partial charge on any atom is -0.390 e. The normalized spacial score (nSPS) is 16.7. The van der Waals surface area contributed by atoms with Gasteiger partial charge in [-0.05, 0) is 35.8 Å². The van der Waals surface area contributed by atoms with E-state index in [0.717, 1.165) is 12.8 Å². The van der Waals surface area contributed by atoms with Gasteiger partial charge >= 0.3 is 0 Å². The van der Waals surface area contributed by atoms with Crippen LogP contribution >= 0.6 is 0 Å². The van der Waals surface area contributed by atoms with Crippen molar-refractivity contribution in [3.05, 3.63) is 71.8 Å². The van der Waals surface area contributed by atoms with Crippen molar-refractivity contribution in [2.75, 3.05) is 0 Å². The van der Waals surface area contributed by atoms with E-state index in [1.54, 1.807) is 0 Å². The van der Waals surface area contributed by atoms with Gasteiger partial charge in [0.2, 0.25) is 0 Å². The van der Waals surface area contributed by atoms with Crippen molar-refractivity contribution in [3.8, 4) is 0 Å². The van der Waals surface area contributed by atoms with E-state index in [0.29, 0.717) is 0 Å². The van der Waals surface area contributed by atoms with Gasteiger partial charge in [-0.1, -0.05) is 74.5 Å². The molecule has 0 saturated carbocycles. The monoisotopic (exact) mass is 298 g/mol. The number of aliphatic hydroxyl groups is 2. The van der Waals surface area contributed by atoms with E-state index in [1.807, 2.05) is 50.2 Å². The van der Waals surface area contributed by atoms with Crippen LogP contribution in [-0.4, -0.2) is 22.4 Å². The van der Waals surface area contributed by atoms with Crippen LogP contribution in [0.5, 0.6) is 0 Å². The van der Waals surface area contributed by atoms with Gasteiger partial charge in [-0.25, -0.2) is 0 Å². The van der Waals surface area contributed by atoms with E-state index in [2.05, 4.69) is 24.3 Å². The second kappa shape index (κ2) is 8.11. The first-order chi connectivity index (χ1) is 10.6. The quantitative estimate of drug-likeness (QED) is 0.822. The van der Waals surface area contributed by atoms with Crippen molar-refractivity contribution in [2.24, 2.45) is 11.8 Å². The Morgan fingerprint density at radius 1 is 0.636 bits per heavy atom. The first-order valence-electron chi connectivity index (χ1n) is 8.02. The summed E-state index contributed by atoms with van der Waals surface area (Å²) in [6, 6.07) is 20.2. The Morgan fingerprint density at radius 2 is 0.955 bits per heavy atom. The summed E-state index contributed by atoms with van der Waals surface area (Å²) in [6.07, 6.45) is 0.131. The highest BCUT2D eigenvalue weighted by molar-refractivity contribution is 5.16. The van der Waals surface area contributed by atoms with Crippen molar-refractivity contribution in [3.63, 3.8) is 0 Å². The lowest BCUT2D eigenvalue weighted by Gasteiger charge is -2.28. The van der Waals surface area contributed by atoms with Gasteiger partial charge in [-0.2, -0.15) is 0 Å². The van der Waals surface area contributed by atoms with Crippen LogP contribution in [0, 0.1) is 11.8 Å². The molecule has 2 nitrogen and oxygen atoms in total. The lowest BCUT2D eigenvalue weighted by molar-refractivity contribution is -0.0396. The van der Waals surface area contributed by atoms with Gasteiger partial charge in [-0.15, -0.1) is 0 Å². The highest BCUT2D eigenvalue weighted by atomic mass is 16.3. The minimum absolute atomic E-state index is 0.0237. The summed E-state index contributed by atoms with van der Waals surface area (Å²) >= 11 is 0. The van der Waals surface area contributed by atoms with Crippen LogP contribution < -0.4 is 0 Å². The predicted molar refractivity (Wildman–Crippen MR) is 90.6 cm³/mol. The molecule has 0 aromatic heterocycles. The number of rotatable bonds is 7. The molecule has 0 aliphatic carbocycles. The summed E-state index contributed by atoms with van der Waals surface area (Å²) in [7, 11) is 0. The van der Waals surface area contributed by atoms with Crippen molar-refractivity contribution >= 4 is 0 Å². The zero-order valence-electron chi connectivity index (χ0n) is 13.4. The van der Waals surface area contributed by atoms with E-state index in [-0.39, 0.29) is 11.8 Å². The summed E-state index contributed by atoms with van der Waals surface area (Å²) in [4.78, 5) is 0. The second-order valence-electron chi connectivity index (χ2n) is 6.32. The third-order valence-corrected chi connectivity index (χ3v) is 4.32. The van der Waals surface area contributed by atoms with Gasteiger partial charge in [0.25, 0.3) is 0 Å². The molecule has 2 aromatic carbocycles. The third kappa shape index (κ3) is 4.69. The van der Waals surface area contributed by atoms with Crippen molar-refractivity contribution in [1.82, 2.24) is 0 Å². The molecule has 2 aromatic rings. The van der Waals surface area contributed by atoms with E-state index < -0.39 is 12.2 Å².